The van der Waals surface area contributed by atoms with E-state index >= 15 is 0 Å². The highest BCUT2D eigenvalue weighted by atomic mass is 32.2. The number of hydrogen-bond acceptors (Lipinski definition) is 17. The number of nitrogens with one attached hydrogen (secondary N) is 1. The minimum Gasteiger partial charge on any atom is -0.456 e. The lowest BCUT2D eigenvalue weighted by molar-refractivity contribution is -0.302. The number of ketones is 2. The zero-order chi connectivity index (χ0) is 51.5. The molecular weight excluding hydrogens is 931 g/mol. The molecule has 14 atom stereocenters. The van der Waals surface area contributed by atoms with E-state index in [2.05, 4.69) is 4.98 Å². The van der Waals surface area contributed by atoms with Gasteiger partial charge in [0.15, 0.2) is 0 Å². The van der Waals surface area contributed by atoms with E-state index in [1.54, 1.807) is 43.8 Å². The summed E-state index contributed by atoms with van der Waals surface area (Å²) in [4.78, 5) is 74.6. The first kappa shape index (κ1) is 56.8. The molecule has 2 amide bonds. The number of aromatic nitrogens is 1. The molecule has 3 N–H and O–H groups in total. The zero-order valence-electron chi connectivity index (χ0n) is 42.1. The van der Waals surface area contributed by atoms with Crippen molar-refractivity contribution < 1.29 is 75.2 Å². The molecule has 3 fully saturated rings. The fourth-order valence-corrected chi connectivity index (χ4v) is 11.3. The number of piperidine rings is 1. The fraction of sp³-hybridized carbons (Fsp3) is 0.720. The maximum absolute atomic E-state index is 14.5. The number of pyridine rings is 1. The van der Waals surface area contributed by atoms with Crippen LogP contribution in [-0.2, 0) is 68.7 Å². The first-order valence-corrected chi connectivity index (χ1v) is 25.9. The molecule has 5 rings (SSSR count). The van der Waals surface area contributed by atoms with Crippen LogP contribution in [0.25, 0.3) is 0 Å². The molecular formula is C50H75N3O16S. The second-order valence-electron chi connectivity index (χ2n) is 19.7. The number of fused-ring (bicyclic) bond motifs is 3. The van der Waals surface area contributed by atoms with Gasteiger partial charge >= 0.3 is 22.4 Å². The SMILES string of the molecule is CC[C@@H]1/C=C(\C)C[C@H](C)C[C@H](OC)[C@H]2O[C@@](O)(C(=O)C(=O)N3CCCC[C@H]3C(=O)OC(/C(C)=C/[C@@H]3CC[C@H](OS(=O)(=O)NC(=O)OCc4cccnc4)[C@H](OC)C3)[C@H](C)[C@@H](O)CC1=O)[C@H](C)C[C@@H]2OC. The van der Waals surface area contributed by atoms with Crippen molar-refractivity contribution >= 4 is 39.8 Å². The summed E-state index contributed by atoms with van der Waals surface area (Å²) in [7, 11) is -0.202. The van der Waals surface area contributed by atoms with Crippen LogP contribution in [-0.4, -0.2) is 140 Å². The van der Waals surface area contributed by atoms with E-state index in [1.807, 2.05) is 32.9 Å². The molecule has 392 valence electrons. The Hall–Kier alpha value is -4.15. The largest absolute Gasteiger partial charge is 0.456 e. The summed E-state index contributed by atoms with van der Waals surface area (Å²) in [6.45, 7) is 10.7. The molecule has 70 heavy (non-hydrogen) atoms. The summed E-state index contributed by atoms with van der Waals surface area (Å²) >= 11 is 0. The van der Waals surface area contributed by atoms with Gasteiger partial charge in [-0.3, -0.25) is 19.4 Å². The topological polar surface area (TPSA) is 253 Å². The average molecular weight is 1010 g/mol. The number of aliphatic hydroxyl groups excluding tert-OH is 1. The van der Waals surface area contributed by atoms with Crippen LogP contribution < -0.4 is 4.72 Å². The Balaban J connectivity index is 1.42. The predicted molar refractivity (Wildman–Crippen MR) is 253 cm³/mol. The minimum atomic E-state index is -4.62. The number of carbonyl (C=O) groups is 5. The molecule has 0 radical (unpaired) electrons. The highest BCUT2D eigenvalue weighted by Gasteiger charge is 2.56. The number of methoxy groups -OCH3 is 3. The van der Waals surface area contributed by atoms with Gasteiger partial charge in [-0.2, -0.15) is 13.1 Å². The molecule has 2 saturated heterocycles. The van der Waals surface area contributed by atoms with Crippen LogP contribution in [0.1, 0.15) is 118 Å². The van der Waals surface area contributed by atoms with Crippen LogP contribution in [0.2, 0.25) is 0 Å². The van der Waals surface area contributed by atoms with E-state index in [1.165, 1.54) is 27.5 Å². The Bertz CT molecular complexity index is 2140. The summed E-state index contributed by atoms with van der Waals surface area (Å²) in [5.41, 5.74) is 2.01. The second-order valence-corrected chi connectivity index (χ2v) is 21.0. The van der Waals surface area contributed by atoms with Crippen molar-refractivity contribution in [2.75, 3.05) is 27.9 Å². The summed E-state index contributed by atoms with van der Waals surface area (Å²) in [6, 6.07) is 2.07. The zero-order valence-corrected chi connectivity index (χ0v) is 42.9. The average Bonchev–Trinajstić information content (AvgIpc) is 3.33. The first-order valence-electron chi connectivity index (χ1n) is 24.5. The third-order valence-electron chi connectivity index (χ3n) is 14.4. The molecule has 20 heteroatoms. The standard InChI is InChI=1S/C50H75N3O16S/c1-10-36-21-29(2)20-30(3)22-42(64-8)45-43(65-9)24-32(5)50(60,68-45)46(56)47(57)53-19-12-11-15-37(53)48(58)67-44(33(6)38(54)26-39(36)55)31(4)23-34-16-17-40(41(25-34)63-7)69-70(61,62)52-49(59)66-28-35-14-13-18-51-27-35/h13-14,18,21,23,27,30,32-34,36-38,40-45,54,60H,10-12,15-17,19-20,22,24-26,28H2,1-9H3,(H,52,59)/b29-21+,31-23+/t30-,32+,33+,34-,36+,37-,38-,40-,41+,42-,43-,44?,45+,50+/m0/s1. The number of nitrogens with zero attached hydrogens (tertiary/aromatic N) is 2. The summed E-state index contributed by atoms with van der Waals surface area (Å²) in [5, 5.41) is 23.9. The van der Waals surface area contributed by atoms with Crippen LogP contribution in [0.4, 0.5) is 4.79 Å². The number of rotatable bonds is 11. The maximum Gasteiger partial charge on any atom is 0.423 e. The maximum atomic E-state index is 14.5. The molecule has 19 nitrogen and oxygen atoms in total. The van der Waals surface area contributed by atoms with E-state index in [0.717, 1.165) is 10.5 Å². The molecule has 4 aliphatic rings. The first-order chi connectivity index (χ1) is 33.1. The number of esters is 1. The summed E-state index contributed by atoms with van der Waals surface area (Å²) < 4.78 is 68.0. The van der Waals surface area contributed by atoms with Gasteiger partial charge in [0.25, 0.3) is 11.7 Å². The molecule has 1 unspecified atom stereocenters. The summed E-state index contributed by atoms with van der Waals surface area (Å²) in [5.74, 6) is -8.44. The molecule has 0 spiro atoms. The summed E-state index contributed by atoms with van der Waals surface area (Å²) in [6.07, 6.45) is 2.64. The predicted octanol–water partition coefficient (Wildman–Crippen LogP) is 5.06. The fourth-order valence-electron chi connectivity index (χ4n) is 10.4. The van der Waals surface area contributed by atoms with Gasteiger partial charge in [0.1, 0.15) is 36.7 Å². The molecule has 2 bridgehead atoms. The molecule has 0 aromatic carbocycles. The molecule has 1 aliphatic carbocycles. The Morgan fingerprint density at radius 1 is 0.971 bits per heavy atom. The number of ether oxygens (including phenoxy) is 6. The smallest absolute Gasteiger partial charge is 0.423 e. The minimum absolute atomic E-state index is 0.0154. The van der Waals surface area contributed by atoms with Crippen LogP contribution in [0.3, 0.4) is 0 Å². The number of allylic oxidation sites excluding steroid dienone is 3. The van der Waals surface area contributed by atoms with Crippen molar-refractivity contribution in [3.8, 4) is 0 Å². The Kier molecular flexibility index (Phi) is 20.7. The van der Waals surface area contributed by atoms with Crippen LogP contribution >= 0.6 is 0 Å². The van der Waals surface area contributed by atoms with Crippen molar-refractivity contribution in [2.24, 2.45) is 29.6 Å². The Labute approximate surface area is 412 Å². The number of aliphatic hydroxyl groups is 2. The van der Waals surface area contributed by atoms with E-state index in [-0.39, 0.29) is 62.9 Å². The highest BCUT2D eigenvalue weighted by molar-refractivity contribution is 7.85. The van der Waals surface area contributed by atoms with Gasteiger partial charge in [0.2, 0.25) is 5.79 Å². The van der Waals surface area contributed by atoms with E-state index < -0.39 is 106 Å². The molecule has 1 aromatic rings. The monoisotopic (exact) mass is 1010 g/mol. The van der Waals surface area contributed by atoms with Gasteiger partial charge < -0.3 is 43.5 Å². The van der Waals surface area contributed by atoms with Crippen LogP contribution in [0.15, 0.2) is 47.8 Å². The highest BCUT2D eigenvalue weighted by Crippen LogP contribution is 2.39. The third-order valence-corrected chi connectivity index (χ3v) is 15.3. The third kappa shape index (κ3) is 14.5. The molecule has 1 saturated carbocycles. The molecule has 4 heterocycles. The van der Waals surface area contributed by atoms with Gasteiger partial charge in [0, 0.05) is 70.0 Å². The van der Waals surface area contributed by atoms with E-state index in [4.69, 9.17) is 32.6 Å². The van der Waals surface area contributed by atoms with Gasteiger partial charge in [-0.25, -0.2) is 13.8 Å². The Morgan fingerprint density at radius 2 is 1.67 bits per heavy atom. The van der Waals surface area contributed by atoms with Gasteiger partial charge in [-0.15, -0.1) is 0 Å². The van der Waals surface area contributed by atoms with Crippen molar-refractivity contribution in [3.05, 3.63) is 53.4 Å². The second kappa shape index (κ2) is 25.5. The van der Waals surface area contributed by atoms with Crippen LogP contribution in [0.5, 0.6) is 0 Å². The van der Waals surface area contributed by atoms with E-state index in [0.29, 0.717) is 49.7 Å². The lowest BCUT2D eigenvalue weighted by atomic mass is 9.81. The van der Waals surface area contributed by atoms with Crippen LogP contribution in [0, 0.1) is 29.6 Å². The van der Waals surface area contributed by atoms with Crippen molar-refractivity contribution in [1.29, 1.82) is 0 Å². The quantitative estimate of drug-likeness (QED) is 0.149. The van der Waals surface area contributed by atoms with Gasteiger partial charge in [0.05, 0.1) is 24.4 Å². The Morgan fingerprint density at radius 3 is 2.33 bits per heavy atom. The van der Waals surface area contributed by atoms with Gasteiger partial charge in [-0.05, 0) is 102 Å². The number of amides is 2. The van der Waals surface area contributed by atoms with Crippen molar-refractivity contribution in [3.63, 3.8) is 0 Å². The number of cyclic esters (lactones) is 1. The number of Topliss-reactive ketones (excluding diaryl/α,β-unsaturated/α-hetero) is 2. The van der Waals surface area contributed by atoms with Crippen molar-refractivity contribution in [2.45, 2.75) is 173 Å². The van der Waals surface area contributed by atoms with Gasteiger partial charge in [-0.1, -0.05) is 51.5 Å². The van der Waals surface area contributed by atoms with Crippen molar-refractivity contribution in [1.82, 2.24) is 14.6 Å². The lowest BCUT2D eigenvalue weighted by Crippen LogP contribution is -2.64. The number of carbonyl (C=O) groups excluding carboxylic acids is 5. The normalized spacial score (nSPS) is 35.6. The molecule has 3 aliphatic heterocycles. The number of hydrogen-bond donors (Lipinski definition) is 3. The van der Waals surface area contributed by atoms with E-state index in [9.17, 15) is 42.6 Å². The molecule has 1 aromatic heterocycles. The lowest BCUT2D eigenvalue weighted by Gasteiger charge is -2.47.